The number of amides is 2. The second-order valence-corrected chi connectivity index (χ2v) is 10.9. The molecule has 1 N–H and O–H groups in total. The third-order valence-corrected chi connectivity index (χ3v) is 6.52. The van der Waals surface area contributed by atoms with Gasteiger partial charge in [-0.3, -0.25) is 24.0 Å². The van der Waals surface area contributed by atoms with Crippen LogP contribution in [0.5, 0.6) is 0 Å². The van der Waals surface area contributed by atoms with E-state index < -0.39 is 33.4 Å². The van der Waals surface area contributed by atoms with Crippen molar-refractivity contribution >= 4 is 44.8 Å². The van der Waals surface area contributed by atoms with Crippen LogP contribution in [0.25, 0.3) is 0 Å². The van der Waals surface area contributed by atoms with Crippen LogP contribution in [0.15, 0.2) is 48.5 Å². The van der Waals surface area contributed by atoms with E-state index >= 15 is 0 Å². The van der Waals surface area contributed by atoms with Crippen LogP contribution in [-0.4, -0.2) is 55.4 Å². The number of nitrogens with zero attached hydrogens (tertiary/aromatic N) is 3. The first-order valence-corrected chi connectivity index (χ1v) is 13.1. The molecule has 35 heavy (non-hydrogen) atoms. The zero-order chi connectivity index (χ0) is 26.3. The summed E-state index contributed by atoms with van der Waals surface area (Å²) in [5, 5.41) is 14.5. The van der Waals surface area contributed by atoms with Crippen LogP contribution in [0.4, 0.5) is 11.4 Å². The van der Waals surface area contributed by atoms with Crippen LogP contribution in [0.3, 0.4) is 0 Å². The molecule has 190 valence electrons. The van der Waals surface area contributed by atoms with Crippen molar-refractivity contribution in [2.75, 3.05) is 23.7 Å². The normalized spacial score (nSPS) is 12.2. The van der Waals surface area contributed by atoms with Gasteiger partial charge in [0, 0.05) is 30.2 Å². The molecule has 0 radical (unpaired) electrons. The largest absolute Gasteiger partial charge is 0.354 e. The highest BCUT2D eigenvalue weighted by atomic mass is 35.5. The minimum Gasteiger partial charge on any atom is -0.354 e. The van der Waals surface area contributed by atoms with Crippen molar-refractivity contribution in [3.05, 3.63) is 69.2 Å². The number of hydrogen-bond donors (Lipinski definition) is 1. The molecule has 0 aliphatic rings. The molecule has 2 aromatic rings. The Kier molecular flexibility index (Phi) is 9.61. The van der Waals surface area contributed by atoms with E-state index in [0.717, 1.165) is 16.6 Å². The predicted molar refractivity (Wildman–Crippen MR) is 135 cm³/mol. The Balaban J connectivity index is 2.39. The fourth-order valence-electron chi connectivity index (χ4n) is 3.20. The van der Waals surface area contributed by atoms with Gasteiger partial charge in [-0.2, -0.15) is 0 Å². The first kappa shape index (κ1) is 28.1. The van der Waals surface area contributed by atoms with Gasteiger partial charge < -0.3 is 10.2 Å². The lowest BCUT2D eigenvalue weighted by molar-refractivity contribution is -0.384. The van der Waals surface area contributed by atoms with Crippen LogP contribution in [0.2, 0.25) is 5.02 Å². The molecule has 0 aliphatic heterocycles. The fraction of sp³-hybridized carbons (Fsp3) is 0.391. The molecule has 0 spiro atoms. The maximum Gasteiger partial charge on any atom is 0.271 e. The lowest BCUT2D eigenvalue weighted by Gasteiger charge is -2.31. The number of hydrogen-bond acceptors (Lipinski definition) is 6. The highest BCUT2D eigenvalue weighted by Crippen LogP contribution is 2.24. The van der Waals surface area contributed by atoms with Crippen molar-refractivity contribution in [3.63, 3.8) is 0 Å². The standard InChI is InChI=1S/C23H29ClN4O6S/c1-16(2)13-25-23(30)17(3)26(14-18-8-10-19(24)11-9-18)22(29)15-27(35(4,33)34)20-6-5-7-21(12-20)28(31)32/h5-12,16-17H,13-15H2,1-4H3,(H,25,30). The number of benzene rings is 2. The van der Waals surface area contributed by atoms with Gasteiger partial charge in [-0.1, -0.05) is 43.6 Å². The molecule has 0 saturated carbocycles. The first-order chi connectivity index (χ1) is 16.3. The number of non-ortho nitro benzene ring substituents is 1. The zero-order valence-corrected chi connectivity index (χ0v) is 21.5. The lowest BCUT2D eigenvalue weighted by Crippen LogP contribution is -2.51. The molecule has 2 rings (SSSR count). The number of carbonyl (C=O) groups is 2. The Morgan fingerprint density at radius 2 is 1.74 bits per heavy atom. The van der Waals surface area contributed by atoms with E-state index in [1.54, 1.807) is 31.2 Å². The van der Waals surface area contributed by atoms with Gasteiger partial charge in [-0.25, -0.2) is 8.42 Å². The van der Waals surface area contributed by atoms with E-state index in [1.807, 2.05) is 13.8 Å². The quantitative estimate of drug-likeness (QED) is 0.355. The number of nitrogens with one attached hydrogen (secondary N) is 1. The minimum absolute atomic E-state index is 0.0266. The average molecular weight is 525 g/mol. The average Bonchev–Trinajstić information content (AvgIpc) is 2.79. The van der Waals surface area contributed by atoms with Crippen LogP contribution >= 0.6 is 11.6 Å². The number of nitro groups is 1. The van der Waals surface area contributed by atoms with Crippen LogP contribution in [0, 0.1) is 16.0 Å². The SMILES string of the molecule is CC(C)CNC(=O)C(C)N(Cc1ccc(Cl)cc1)C(=O)CN(c1cccc([N+](=O)[O-])c1)S(C)(=O)=O. The predicted octanol–water partition coefficient (Wildman–Crippen LogP) is 3.20. The molecule has 2 amide bonds. The number of sulfonamides is 1. The number of carbonyl (C=O) groups excluding carboxylic acids is 2. The number of nitro benzene ring substituents is 1. The molecular formula is C23H29ClN4O6S. The van der Waals surface area contributed by atoms with Gasteiger partial charge >= 0.3 is 0 Å². The fourth-order valence-corrected chi connectivity index (χ4v) is 4.16. The summed E-state index contributed by atoms with van der Waals surface area (Å²) in [5.41, 5.74) is 0.342. The number of anilines is 1. The Morgan fingerprint density at radius 3 is 2.29 bits per heavy atom. The molecule has 0 aliphatic carbocycles. The molecule has 1 unspecified atom stereocenters. The van der Waals surface area contributed by atoms with Gasteiger partial charge in [0.15, 0.2) is 0 Å². The lowest BCUT2D eigenvalue weighted by atomic mass is 10.1. The monoisotopic (exact) mass is 524 g/mol. The molecule has 12 heteroatoms. The first-order valence-electron chi connectivity index (χ1n) is 10.8. The molecule has 0 saturated heterocycles. The maximum absolute atomic E-state index is 13.4. The minimum atomic E-state index is -3.99. The van der Waals surface area contributed by atoms with Gasteiger partial charge in [0.05, 0.1) is 16.9 Å². The van der Waals surface area contributed by atoms with Gasteiger partial charge in [0.2, 0.25) is 21.8 Å². The van der Waals surface area contributed by atoms with Crippen molar-refractivity contribution in [2.45, 2.75) is 33.4 Å². The highest BCUT2D eigenvalue weighted by molar-refractivity contribution is 7.92. The molecular weight excluding hydrogens is 496 g/mol. The Hall–Kier alpha value is -3.18. The molecule has 0 fully saturated rings. The van der Waals surface area contributed by atoms with E-state index in [4.69, 9.17) is 11.6 Å². The summed E-state index contributed by atoms with van der Waals surface area (Å²) in [5.74, 6) is -0.840. The van der Waals surface area contributed by atoms with Gasteiger partial charge in [-0.05, 0) is 36.6 Å². The zero-order valence-electron chi connectivity index (χ0n) is 20.0. The summed E-state index contributed by atoms with van der Waals surface area (Å²) in [4.78, 5) is 38.0. The third kappa shape index (κ3) is 8.22. The van der Waals surface area contributed by atoms with Gasteiger partial charge in [0.1, 0.15) is 12.6 Å². The molecule has 10 nitrogen and oxygen atoms in total. The van der Waals surface area contributed by atoms with E-state index in [2.05, 4.69) is 5.32 Å². The van der Waals surface area contributed by atoms with Crippen molar-refractivity contribution in [1.82, 2.24) is 10.2 Å². The Morgan fingerprint density at radius 1 is 1.11 bits per heavy atom. The summed E-state index contributed by atoms with van der Waals surface area (Å²) in [7, 11) is -3.99. The molecule has 0 bridgehead atoms. The Bertz CT molecular complexity index is 1170. The van der Waals surface area contributed by atoms with E-state index in [-0.39, 0.29) is 29.7 Å². The molecule has 1 atom stereocenters. The summed E-state index contributed by atoms with van der Waals surface area (Å²) >= 11 is 5.95. The van der Waals surface area contributed by atoms with Crippen molar-refractivity contribution in [2.24, 2.45) is 5.92 Å². The summed E-state index contributed by atoms with van der Waals surface area (Å²) < 4.78 is 25.9. The van der Waals surface area contributed by atoms with Gasteiger partial charge in [0.25, 0.3) is 5.69 Å². The second-order valence-electron chi connectivity index (χ2n) is 8.51. The topological polar surface area (TPSA) is 130 Å². The van der Waals surface area contributed by atoms with Crippen LogP contribution in [-0.2, 0) is 26.2 Å². The summed E-state index contributed by atoms with van der Waals surface area (Å²) in [6.45, 7) is 5.22. The molecule has 2 aromatic carbocycles. The van der Waals surface area contributed by atoms with Crippen LogP contribution in [0.1, 0.15) is 26.3 Å². The van der Waals surface area contributed by atoms with Gasteiger partial charge in [-0.15, -0.1) is 0 Å². The van der Waals surface area contributed by atoms with E-state index in [0.29, 0.717) is 17.1 Å². The highest BCUT2D eigenvalue weighted by Gasteiger charge is 2.30. The molecule has 0 heterocycles. The maximum atomic E-state index is 13.4. The summed E-state index contributed by atoms with van der Waals surface area (Å²) in [6, 6.07) is 10.8. The molecule has 0 aromatic heterocycles. The smallest absolute Gasteiger partial charge is 0.271 e. The van der Waals surface area contributed by atoms with Crippen LogP contribution < -0.4 is 9.62 Å². The number of rotatable bonds is 11. The number of halogens is 1. The van der Waals surface area contributed by atoms with E-state index in [1.165, 1.54) is 23.1 Å². The van der Waals surface area contributed by atoms with Crippen molar-refractivity contribution in [1.29, 1.82) is 0 Å². The summed E-state index contributed by atoms with van der Waals surface area (Å²) in [6.07, 6.45) is 0.904. The van der Waals surface area contributed by atoms with E-state index in [9.17, 15) is 28.1 Å². The Labute approximate surface area is 210 Å². The second kappa shape index (κ2) is 12.0. The van der Waals surface area contributed by atoms with Crippen molar-refractivity contribution < 1.29 is 22.9 Å². The van der Waals surface area contributed by atoms with Crippen molar-refractivity contribution in [3.8, 4) is 0 Å². The third-order valence-electron chi connectivity index (χ3n) is 5.13.